The average Bonchev–Trinajstić information content (AvgIpc) is 2.92. The van der Waals surface area contributed by atoms with E-state index in [1.165, 1.54) is 16.1 Å². The van der Waals surface area contributed by atoms with Gasteiger partial charge in [-0.2, -0.15) is 0 Å². The molecule has 2 rings (SSSR count). The molecule has 1 heterocycles. The lowest BCUT2D eigenvalue weighted by Crippen LogP contribution is -2.24. The van der Waals surface area contributed by atoms with Crippen LogP contribution in [0.2, 0.25) is 0 Å². The monoisotopic (exact) mass is 289 g/mol. The lowest BCUT2D eigenvalue weighted by molar-refractivity contribution is 0.687. The molecule has 0 atom stereocenters. The Morgan fingerprint density at radius 1 is 1.20 bits per heavy atom. The van der Waals surface area contributed by atoms with E-state index in [9.17, 15) is 0 Å². The molecule has 108 valence electrons. The van der Waals surface area contributed by atoms with Gasteiger partial charge in [0.05, 0.1) is 10.7 Å². The molecule has 3 N–H and O–H groups in total. The molecule has 4 heteroatoms. The first-order valence-electron chi connectivity index (χ1n) is 7.16. The number of rotatable bonds is 7. The second kappa shape index (κ2) is 7.53. The van der Waals surface area contributed by atoms with Gasteiger partial charge in [0.15, 0.2) is 0 Å². The molecule has 0 aliphatic heterocycles. The maximum absolute atomic E-state index is 5.45. The molecule has 3 nitrogen and oxygen atoms in total. The van der Waals surface area contributed by atoms with Crippen molar-refractivity contribution in [2.75, 3.05) is 19.6 Å². The zero-order valence-electron chi connectivity index (χ0n) is 12.2. The van der Waals surface area contributed by atoms with Gasteiger partial charge in [-0.25, -0.2) is 4.98 Å². The molecule has 0 aliphatic rings. The van der Waals surface area contributed by atoms with Crippen LogP contribution in [0.4, 0.5) is 0 Å². The van der Waals surface area contributed by atoms with Crippen molar-refractivity contribution in [3.05, 3.63) is 40.2 Å². The Hall–Kier alpha value is -1.23. The zero-order chi connectivity index (χ0) is 14.4. The molecule has 2 aromatic rings. The minimum atomic E-state index is 0.573. The van der Waals surface area contributed by atoms with Crippen LogP contribution in [0.1, 0.15) is 30.3 Å². The second-order valence-electron chi connectivity index (χ2n) is 5.19. The summed E-state index contributed by atoms with van der Waals surface area (Å²) in [7, 11) is 0. The summed E-state index contributed by atoms with van der Waals surface area (Å²) in [4.78, 5) is 4.70. The minimum absolute atomic E-state index is 0.573. The molecule has 0 amide bonds. The third-order valence-electron chi connectivity index (χ3n) is 3.26. The van der Waals surface area contributed by atoms with E-state index in [0.29, 0.717) is 12.5 Å². The number of benzene rings is 1. The van der Waals surface area contributed by atoms with Crippen LogP contribution in [0.15, 0.2) is 29.6 Å². The number of nitrogens with one attached hydrogen (secondary N) is 1. The normalized spacial score (nSPS) is 11.2. The van der Waals surface area contributed by atoms with Gasteiger partial charge in [-0.3, -0.25) is 0 Å². The fourth-order valence-corrected chi connectivity index (χ4v) is 2.83. The highest BCUT2D eigenvalue weighted by atomic mass is 32.1. The molecule has 0 unspecified atom stereocenters. The van der Waals surface area contributed by atoms with Crippen molar-refractivity contribution in [2.24, 2.45) is 5.73 Å². The largest absolute Gasteiger partial charge is 0.329 e. The van der Waals surface area contributed by atoms with Gasteiger partial charge >= 0.3 is 0 Å². The topological polar surface area (TPSA) is 50.9 Å². The van der Waals surface area contributed by atoms with Gasteiger partial charge in [0.1, 0.15) is 0 Å². The number of thiazole rings is 1. The van der Waals surface area contributed by atoms with Crippen molar-refractivity contribution in [3.8, 4) is 11.3 Å². The van der Waals surface area contributed by atoms with Gasteiger partial charge < -0.3 is 11.1 Å². The molecular formula is C16H23N3S. The predicted molar refractivity (Wildman–Crippen MR) is 87.3 cm³/mol. The maximum atomic E-state index is 5.45. The molecule has 0 fully saturated rings. The quantitative estimate of drug-likeness (QED) is 0.770. The zero-order valence-corrected chi connectivity index (χ0v) is 13.0. The van der Waals surface area contributed by atoms with E-state index in [0.717, 1.165) is 25.2 Å². The van der Waals surface area contributed by atoms with Gasteiger partial charge in [0, 0.05) is 37.0 Å². The first kappa shape index (κ1) is 15.2. The van der Waals surface area contributed by atoms with Crippen molar-refractivity contribution >= 4 is 11.3 Å². The SMILES string of the molecule is CC(C)c1ccc(-c2csc(CCNCCN)n2)cc1. The van der Waals surface area contributed by atoms with Crippen LogP contribution in [0, 0.1) is 0 Å². The molecule has 0 spiro atoms. The van der Waals surface area contributed by atoms with Crippen molar-refractivity contribution < 1.29 is 0 Å². The van der Waals surface area contributed by atoms with Crippen LogP contribution in [0.25, 0.3) is 11.3 Å². The highest BCUT2D eigenvalue weighted by Crippen LogP contribution is 2.24. The van der Waals surface area contributed by atoms with E-state index in [4.69, 9.17) is 10.7 Å². The fourth-order valence-electron chi connectivity index (χ4n) is 2.02. The number of aromatic nitrogens is 1. The Morgan fingerprint density at radius 3 is 2.60 bits per heavy atom. The van der Waals surface area contributed by atoms with Crippen LogP contribution < -0.4 is 11.1 Å². The molecule has 0 saturated heterocycles. The molecule has 0 saturated carbocycles. The first-order chi connectivity index (χ1) is 9.70. The van der Waals surface area contributed by atoms with E-state index in [-0.39, 0.29) is 0 Å². The first-order valence-corrected chi connectivity index (χ1v) is 8.04. The molecular weight excluding hydrogens is 266 g/mol. The smallest absolute Gasteiger partial charge is 0.0945 e. The average molecular weight is 289 g/mol. The summed E-state index contributed by atoms with van der Waals surface area (Å²) >= 11 is 1.73. The summed E-state index contributed by atoms with van der Waals surface area (Å²) < 4.78 is 0. The molecule has 1 aromatic heterocycles. The Balaban J connectivity index is 1.97. The maximum Gasteiger partial charge on any atom is 0.0945 e. The minimum Gasteiger partial charge on any atom is -0.329 e. The molecule has 0 bridgehead atoms. The van der Waals surface area contributed by atoms with Gasteiger partial charge in [-0.15, -0.1) is 11.3 Å². The van der Waals surface area contributed by atoms with Gasteiger partial charge in [-0.05, 0) is 11.5 Å². The van der Waals surface area contributed by atoms with Gasteiger partial charge in [-0.1, -0.05) is 38.1 Å². The number of hydrogen-bond donors (Lipinski definition) is 2. The van der Waals surface area contributed by atoms with E-state index in [1.54, 1.807) is 11.3 Å². The standard InChI is InChI=1S/C16H23N3S/c1-12(2)13-3-5-14(6-4-13)15-11-20-16(19-15)7-9-18-10-8-17/h3-6,11-12,18H,7-10,17H2,1-2H3. The summed E-state index contributed by atoms with van der Waals surface area (Å²) in [6, 6.07) is 8.73. The predicted octanol–water partition coefficient (Wildman–Crippen LogP) is 3.02. The van der Waals surface area contributed by atoms with Crippen molar-refractivity contribution in [2.45, 2.75) is 26.2 Å². The van der Waals surface area contributed by atoms with E-state index in [1.807, 2.05) is 0 Å². The molecule has 0 aliphatic carbocycles. The molecule has 0 radical (unpaired) electrons. The van der Waals surface area contributed by atoms with Crippen molar-refractivity contribution in [1.82, 2.24) is 10.3 Å². The summed E-state index contributed by atoms with van der Waals surface area (Å²) in [5, 5.41) is 6.61. The van der Waals surface area contributed by atoms with Crippen LogP contribution >= 0.6 is 11.3 Å². The Morgan fingerprint density at radius 2 is 1.95 bits per heavy atom. The number of hydrogen-bond acceptors (Lipinski definition) is 4. The van der Waals surface area contributed by atoms with E-state index < -0.39 is 0 Å². The lowest BCUT2D eigenvalue weighted by atomic mass is 10.0. The fraction of sp³-hybridized carbons (Fsp3) is 0.438. The van der Waals surface area contributed by atoms with Crippen LogP contribution in [-0.4, -0.2) is 24.6 Å². The second-order valence-corrected chi connectivity index (χ2v) is 6.13. The summed E-state index contributed by atoms with van der Waals surface area (Å²) in [6.07, 6.45) is 0.967. The van der Waals surface area contributed by atoms with E-state index in [2.05, 4.69) is 48.8 Å². The third kappa shape index (κ3) is 4.13. The van der Waals surface area contributed by atoms with Crippen LogP contribution in [-0.2, 0) is 6.42 Å². The molecule has 20 heavy (non-hydrogen) atoms. The highest BCUT2D eigenvalue weighted by molar-refractivity contribution is 7.09. The Bertz CT molecular complexity index is 517. The van der Waals surface area contributed by atoms with Crippen molar-refractivity contribution in [3.63, 3.8) is 0 Å². The van der Waals surface area contributed by atoms with Crippen LogP contribution in [0.3, 0.4) is 0 Å². The van der Waals surface area contributed by atoms with Crippen molar-refractivity contribution in [1.29, 1.82) is 0 Å². The van der Waals surface area contributed by atoms with Gasteiger partial charge in [0.25, 0.3) is 0 Å². The van der Waals surface area contributed by atoms with E-state index >= 15 is 0 Å². The summed E-state index contributed by atoms with van der Waals surface area (Å²) in [6.45, 7) is 6.92. The lowest BCUT2D eigenvalue weighted by Gasteiger charge is -2.05. The summed E-state index contributed by atoms with van der Waals surface area (Å²) in [5.41, 5.74) is 9.10. The Labute approximate surface area is 125 Å². The summed E-state index contributed by atoms with van der Waals surface area (Å²) in [5.74, 6) is 0.573. The highest BCUT2D eigenvalue weighted by Gasteiger charge is 2.05. The number of nitrogens with zero attached hydrogens (tertiary/aromatic N) is 1. The number of nitrogens with two attached hydrogens (primary N) is 1. The van der Waals surface area contributed by atoms with Crippen LogP contribution in [0.5, 0.6) is 0 Å². The third-order valence-corrected chi connectivity index (χ3v) is 4.17. The van der Waals surface area contributed by atoms with Gasteiger partial charge in [0.2, 0.25) is 0 Å². The molecule has 1 aromatic carbocycles. The Kier molecular flexibility index (Phi) is 5.71.